The SMILES string of the molecule is CC(=O)c1n[nH]c2cc(Nc3ccccc3)c(F)cc2c1=O. The Hall–Kier alpha value is -3.02. The van der Waals surface area contributed by atoms with Gasteiger partial charge in [-0.05, 0) is 24.3 Å². The van der Waals surface area contributed by atoms with Crippen molar-refractivity contribution >= 4 is 28.1 Å². The largest absolute Gasteiger partial charge is 0.353 e. The molecular formula is C16H12FN3O2. The lowest BCUT2D eigenvalue weighted by molar-refractivity contribution is 0.101. The maximum atomic E-state index is 14.2. The third-order valence-corrected chi connectivity index (χ3v) is 3.24. The Morgan fingerprint density at radius 3 is 2.64 bits per heavy atom. The van der Waals surface area contributed by atoms with Crippen molar-refractivity contribution in [3.8, 4) is 0 Å². The van der Waals surface area contributed by atoms with E-state index in [0.717, 1.165) is 11.8 Å². The van der Waals surface area contributed by atoms with E-state index in [4.69, 9.17) is 0 Å². The number of carbonyl (C=O) groups is 1. The van der Waals surface area contributed by atoms with Gasteiger partial charge >= 0.3 is 0 Å². The van der Waals surface area contributed by atoms with E-state index in [-0.39, 0.29) is 16.8 Å². The Kier molecular flexibility index (Phi) is 3.42. The zero-order chi connectivity index (χ0) is 15.7. The van der Waals surface area contributed by atoms with Crippen LogP contribution in [0.5, 0.6) is 0 Å². The van der Waals surface area contributed by atoms with Crippen LogP contribution in [0.25, 0.3) is 10.9 Å². The van der Waals surface area contributed by atoms with Gasteiger partial charge in [-0.1, -0.05) is 18.2 Å². The minimum atomic E-state index is -0.581. The monoisotopic (exact) mass is 297 g/mol. The maximum Gasteiger partial charge on any atom is 0.219 e. The minimum Gasteiger partial charge on any atom is -0.353 e. The van der Waals surface area contributed by atoms with E-state index in [1.165, 1.54) is 13.0 Å². The number of Topliss-reactive ketones (excluding diaryl/α,β-unsaturated/α-hetero) is 1. The lowest BCUT2D eigenvalue weighted by atomic mass is 10.1. The van der Waals surface area contributed by atoms with Crippen LogP contribution >= 0.6 is 0 Å². The van der Waals surface area contributed by atoms with Crippen molar-refractivity contribution in [1.29, 1.82) is 0 Å². The summed E-state index contributed by atoms with van der Waals surface area (Å²) in [5, 5.41) is 9.39. The third-order valence-electron chi connectivity index (χ3n) is 3.24. The number of para-hydroxylation sites is 1. The minimum absolute atomic E-state index is 0.0938. The van der Waals surface area contributed by atoms with Crippen LogP contribution in [-0.4, -0.2) is 16.0 Å². The maximum absolute atomic E-state index is 14.2. The fraction of sp³-hybridized carbons (Fsp3) is 0.0625. The zero-order valence-electron chi connectivity index (χ0n) is 11.7. The number of carbonyl (C=O) groups excluding carboxylic acids is 1. The Balaban J connectivity index is 2.12. The quantitative estimate of drug-likeness (QED) is 0.729. The molecule has 22 heavy (non-hydrogen) atoms. The average Bonchev–Trinajstić information content (AvgIpc) is 2.50. The van der Waals surface area contributed by atoms with Gasteiger partial charge in [0.15, 0.2) is 11.5 Å². The second-order valence-corrected chi connectivity index (χ2v) is 4.83. The highest BCUT2D eigenvalue weighted by Gasteiger charge is 2.13. The van der Waals surface area contributed by atoms with Gasteiger partial charge in [0, 0.05) is 12.6 Å². The molecule has 0 atom stereocenters. The number of H-pyrrole nitrogens is 1. The number of benzene rings is 2. The van der Waals surface area contributed by atoms with Gasteiger partial charge < -0.3 is 5.32 Å². The van der Waals surface area contributed by atoms with Crippen molar-refractivity contribution in [2.45, 2.75) is 6.92 Å². The molecule has 0 bridgehead atoms. The Morgan fingerprint density at radius 1 is 1.23 bits per heavy atom. The Morgan fingerprint density at radius 2 is 1.95 bits per heavy atom. The smallest absolute Gasteiger partial charge is 0.219 e. The summed E-state index contributed by atoms with van der Waals surface area (Å²) >= 11 is 0. The molecule has 0 radical (unpaired) electrons. The van der Waals surface area contributed by atoms with Crippen molar-refractivity contribution in [2.75, 3.05) is 5.32 Å². The van der Waals surface area contributed by atoms with E-state index >= 15 is 0 Å². The van der Waals surface area contributed by atoms with Crippen LogP contribution in [0, 0.1) is 5.82 Å². The van der Waals surface area contributed by atoms with E-state index in [1.54, 1.807) is 12.1 Å². The molecule has 5 nitrogen and oxygen atoms in total. The van der Waals surface area contributed by atoms with Crippen LogP contribution in [-0.2, 0) is 0 Å². The lowest BCUT2D eigenvalue weighted by Gasteiger charge is -2.09. The molecule has 1 aromatic heterocycles. The lowest BCUT2D eigenvalue weighted by Crippen LogP contribution is -2.17. The standard InChI is InChI=1S/C16H12FN3O2/c1-9(21)15-16(22)11-7-12(17)14(8-13(11)19-20-15)18-10-5-3-2-4-6-10/h2-8,18H,1H3,(H,19,22). The summed E-state index contributed by atoms with van der Waals surface area (Å²) in [5.74, 6) is -1.04. The summed E-state index contributed by atoms with van der Waals surface area (Å²) in [6.45, 7) is 1.24. The first kappa shape index (κ1) is 13.9. The molecule has 0 spiro atoms. The molecule has 0 aliphatic rings. The summed E-state index contributed by atoms with van der Waals surface area (Å²) in [6, 6.07) is 11.6. The highest BCUT2D eigenvalue weighted by Crippen LogP contribution is 2.23. The topological polar surface area (TPSA) is 74.8 Å². The number of aromatic amines is 1. The highest BCUT2D eigenvalue weighted by molar-refractivity contribution is 5.95. The number of aromatic nitrogens is 2. The fourth-order valence-electron chi connectivity index (χ4n) is 2.16. The van der Waals surface area contributed by atoms with Crippen molar-refractivity contribution < 1.29 is 9.18 Å². The molecular weight excluding hydrogens is 285 g/mol. The molecule has 2 aromatic carbocycles. The van der Waals surface area contributed by atoms with Gasteiger partial charge in [0.25, 0.3) is 0 Å². The summed E-state index contributed by atoms with van der Waals surface area (Å²) in [4.78, 5) is 23.4. The Bertz CT molecular complexity index is 920. The molecule has 2 N–H and O–H groups in total. The molecule has 3 aromatic rings. The number of nitrogens with one attached hydrogen (secondary N) is 2. The van der Waals surface area contributed by atoms with E-state index < -0.39 is 17.0 Å². The number of rotatable bonds is 3. The predicted octanol–water partition coefficient (Wildman–Crippen LogP) is 3.01. The third kappa shape index (κ3) is 2.46. The van der Waals surface area contributed by atoms with Crippen molar-refractivity contribution in [2.24, 2.45) is 0 Å². The number of halogens is 1. The van der Waals surface area contributed by atoms with Crippen LogP contribution in [0.2, 0.25) is 0 Å². The first-order chi connectivity index (χ1) is 10.6. The average molecular weight is 297 g/mol. The van der Waals surface area contributed by atoms with E-state index in [0.29, 0.717) is 5.52 Å². The summed E-state index contributed by atoms with van der Waals surface area (Å²) < 4.78 is 14.2. The van der Waals surface area contributed by atoms with Gasteiger partial charge in [-0.2, -0.15) is 5.10 Å². The predicted molar refractivity (Wildman–Crippen MR) is 82.1 cm³/mol. The van der Waals surface area contributed by atoms with Crippen molar-refractivity contribution in [1.82, 2.24) is 10.2 Å². The van der Waals surface area contributed by atoms with Gasteiger partial charge in [0.1, 0.15) is 5.82 Å². The van der Waals surface area contributed by atoms with Crippen LogP contribution in [0.15, 0.2) is 47.3 Å². The van der Waals surface area contributed by atoms with Crippen LogP contribution in [0.1, 0.15) is 17.4 Å². The number of hydrogen-bond acceptors (Lipinski definition) is 4. The number of ketones is 1. The van der Waals surface area contributed by atoms with Crippen molar-refractivity contribution in [3.63, 3.8) is 0 Å². The van der Waals surface area contributed by atoms with Crippen molar-refractivity contribution in [3.05, 3.63) is 64.2 Å². The highest BCUT2D eigenvalue weighted by atomic mass is 19.1. The molecule has 0 saturated carbocycles. The fourth-order valence-corrected chi connectivity index (χ4v) is 2.16. The summed E-state index contributed by atoms with van der Waals surface area (Å²) in [5.41, 5.74) is 0.486. The number of hydrogen-bond donors (Lipinski definition) is 2. The van der Waals surface area contributed by atoms with Gasteiger partial charge in [0.05, 0.1) is 16.6 Å². The molecule has 0 aliphatic heterocycles. The van der Waals surface area contributed by atoms with Gasteiger partial charge in [-0.3, -0.25) is 14.7 Å². The van der Waals surface area contributed by atoms with Gasteiger partial charge in [-0.15, -0.1) is 0 Å². The molecule has 3 rings (SSSR count). The second kappa shape index (κ2) is 5.40. The first-order valence-corrected chi connectivity index (χ1v) is 6.61. The summed E-state index contributed by atoms with van der Waals surface area (Å²) in [6.07, 6.45) is 0. The molecule has 6 heteroatoms. The van der Waals surface area contributed by atoms with Crippen LogP contribution < -0.4 is 10.7 Å². The molecule has 110 valence electrons. The van der Waals surface area contributed by atoms with E-state index in [9.17, 15) is 14.0 Å². The molecule has 0 aliphatic carbocycles. The Labute approximate surface area is 124 Å². The van der Waals surface area contributed by atoms with Crippen LogP contribution in [0.4, 0.5) is 15.8 Å². The van der Waals surface area contributed by atoms with E-state index in [2.05, 4.69) is 15.5 Å². The van der Waals surface area contributed by atoms with E-state index in [1.807, 2.05) is 18.2 Å². The van der Waals surface area contributed by atoms with Gasteiger partial charge in [-0.25, -0.2) is 4.39 Å². The second-order valence-electron chi connectivity index (χ2n) is 4.83. The first-order valence-electron chi connectivity index (χ1n) is 6.61. The normalized spacial score (nSPS) is 10.6. The number of nitrogens with zero attached hydrogens (tertiary/aromatic N) is 1. The number of fused-ring (bicyclic) bond motifs is 1. The summed E-state index contributed by atoms with van der Waals surface area (Å²) in [7, 11) is 0. The number of anilines is 2. The molecule has 0 amide bonds. The zero-order valence-corrected chi connectivity index (χ0v) is 11.7. The van der Waals surface area contributed by atoms with Gasteiger partial charge in [0.2, 0.25) is 5.43 Å². The molecule has 0 saturated heterocycles. The molecule has 1 heterocycles. The molecule has 0 fully saturated rings. The molecule has 0 unspecified atom stereocenters. The van der Waals surface area contributed by atoms with Crippen LogP contribution in [0.3, 0.4) is 0 Å².